The van der Waals surface area contributed by atoms with E-state index in [2.05, 4.69) is 19.9 Å². The summed E-state index contributed by atoms with van der Waals surface area (Å²) < 4.78 is 21.4. The maximum absolute atomic E-state index is 11.8. The van der Waals surface area contributed by atoms with Crippen molar-refractivity contribution >= 4 is 33.5 Å². The van der Waals surface area contributed by atoms with Gasteiger partial charge >= 0.3 is 11.9 Å². The molecule has 0 atom stereocenters. The van der Waals surface area contributed by atoms with Crippen LogP contribution in [0.15, 0.2) is 36.4 Å². The summed E-state index contributed by atoms with van der Waals surface area (Å²) in [6.07, 6.45) is 1.64. The molecule has 0 aliphatic carbocycles. The first-order valence-electron chi connectivity index (χ1n) is 9.94. The van der Waals surface area contributed by atoms with E-state index in [4.69, 9.17) is 18.9 Å². The van der Waals surface area contributed by atoms with Gasteiger partial charge in [-0.25, -0.2) is 9.59 Å². The summed E-state index contributed by atoms with van der Waals surface area (Å²) in [7, 11) is 2.66. The fraction of sp³-hybridized carbons (Fsp3) is 0.333. The highest BCUT2D eigenvalue weighted by molar-refractivity contribution is 6.12. The average Bonchev–Trinajstić information content (AvgIpc) is 2.79. The molecule has 6 heteroatoms. The quantitative estimate of drug-likeness (QED) is 0.409. The van der Waals surface area contributed by atoms with Crippen LogP contribution in [0.5, 0.6) is 11.5 Å². The molecule has 0 amide bonds. The maximum Gasteiger partial charge on any atom is 0.343 e. The van der Waals surface area contributed by atoms with E-state index in [1.807, 2.05) is 30.3 Å². The van der Waals surface area contributed by atoms with Gasteiger partial charge in [0.15, 0.2) is 13.2 Å². The van der Waals surface area contributed by atoms with Crippen LogP contribution in [-0.2, 0) is 31.9 Å². The molecular formula is C24H26O6. The Morgan fingerprint density at radius 1 is 0.733 bits per heavy atom. The average molecular weight is 410 g/mol. The number of benzene rings is 3. The van der Waals surface area contributed by atoms with Crippen molar-refractivity contribution in [3.05, 3.63) is 47.5 Å². The number of esters is 2. The minimum absolute atomic E-state index is 0.197. The smallest absolute Gasteiger partial charge is 0.343 e. The summed E-state index contributed by atoms with van der Waals surface area (Å²) >= 11 is 0. The highest BCUT2D eigenvalue weighted by Gasteiger charge is 2.21. The second-order valence-electron chi connectivity index (χ2n) is 6.77. The van der Waals surface area contributed by atoms with E-state index in [1.165, 1.54) is 19.8 Å². The van der Waals surface area contributed by atoms with Crippen molar-refractivity contribution in [2.75, 3.05) is 27.4 Å². The number of hydrogen-bond acceptors (Lipinski definition) is 6. The normalized spacial score (nSPS) is 10.8. The highest BCUT2D eigenvalue weighted by atomic mass is 16.6. The summed E-state index contributed by atoms with van der Waals surface area (Å²) in [5, 5.41) is 3.31. The number of rotatable bonds is 8. The first kappa shape index (κ1) is 21.4. The number of hydrogen-bond donors (Lipinski definition) is 0. The molecule has 30 heavy (non-hydrogen) atoms. The van der Waals surface area contributed by atoms with E-state index in [1.54, 1.807) is 0 Å². The molecule has 0 aliphatic heterocycles. The molecule has 0 fully saturated rings. The van der Waals surface area contributed by atoms with E-state index in [9.17, 15) is 9.59 Å². The lowest BCUT2D eigenvalue weighted by Crippen LogP contribution is -2.14. The van der Waals surface area contributed by atoms with Crippen molar-refractivity contribution in [3.63, 3.8) is 0 Å². The SMILES string of the molecule is CCc1ccc2c(OCC(=O)OC)c3ccccc3c(OCC(=O)OC)c2c1CC. The lowest BCUT2D eigenvalue weighted by molar-refractivity contribution is -0.143. The fourth-order valence-electron chi connectivity index (χ4n) is 3.72. The van der Waals surface area contributed by atoms with Gasteiger partial charge < -0.3 is 18.9 Å². The Hall–Kier alpha value is -3.28. The van der Waals surface area contributed by atoms with Gasteiger partial charge in [0.05, 0.1) is 14.2 Å². The third-order valence-electron chi connectivity index (χ3n) is 5.16. The summed E-state index contributed by atoms with van der Waals surface area (Å²) in [6, 6.07) is 11.7. The topological polar surface area (TPSA) is 71.1 Å². The highest BCUT2D eigenvalue weighted by Crippen LogP contribution is 2.45. The molecule has 0 aromatic heterocycles. The van der Waals surface area contributed by atoms with Gasteiger partial charge in [-0.15, -0.1) is 0 Å². The second kappa shape index (κ2) is 9.48. The third-order valence-corrected chi connectivity index (χ3v) is 5.16. The Bertz CT molecular complexity index is 1090. The van der Waals surface area contributed by atoms with Crippen molar-refractivity contribution in [1.29, 1.82) is 0 Å². The largest absolute Gasteiger partial charge is 0.481 e. The molecule has 0 spiro atoms. The summed E-state index contributed by atoms with van der Waals surface area (Å²) in [5.74, 6) is 0.291. The van der Waals surface area contributed by atoms with Crippen LogP contribution in [-0.4, -0.2) is 39.4 Å². The van der Waals surface area contributed by atoms with Gasteiger partial charge in [-0.1, -0.05) is 50.2 Å². The third kappa shape index (κ3) is 4.03. The molecule has 0 radical (unpaired) electrons. The number of carbonyl (C=O) groups excluding carboxylic acids is 2. The number of ether oxygens (including phenoxy) is 4. The molecule has 158 valence electrons. The molecule has 0 aliphatic rings. The van der Waals surface area contributed by atoms with Gasteiger partial charge in [0.2, 0.25) is 0 Å². The molecule has 0 saturated heterocycles. The number of fused-ring (bicyclic) bond motifs is 2. The van der Waals surface area contributed by atoms with Crippen molar-refractivity contribution in [2.45, 2.75) is 26.7 Å². The van der Waals surface area contributed by atoms with Crippen LogP contribution < -0.4 is 9.47 Å². The van der Waals surface area contributed by atoms with Crippen LogP contribution >= 0.6 is 0 Å². The molecule has 0 bridgehead atoms. The lowest BCUT2D eigenvalue weighted by atomic mass is 9.91. The first-order valence-corrected chi connectivity index (χ1v) is 9.94. The predicted molar refractivity (Wildman–Crippen MR) is 115 cm³/mol. The molecular weight excluding hydrogens is 384 g/mol. The molecule has 6 nitrogen and oxygen atoms in total. The van der Waals surface area contributed by atoms with Crippen molar-refractivity contribution in [2.24, 2.45) is 0 Å². The summed E-state index contributed by atoms with van der Waals surface area (Å²) in [6.45, 7) is 3.79. The maximum atomic E-state index is 11.8. The fourth-order valence-corrected chi connectivity index (χ4v) is 3.72. The Morgan fingerprint density at radius 2 is 1.30 bits per heavy atom. The predicted octanol–water partition coefficient (Wildman–Crippen LogP) is 4.22. The zero-order valence-electron chi connectivity index (χ0n) is 17.7. The number of carbonyl (C=O) groups is 2. The van der Waals surface area contributed by atoms with E-state index in [0.29, 0.717) is 11.5 Å². The van der Waals surface area contributed by atoms with Crippen LogP contribution in [0.1, 0.15) is 25.0 Å². The van der Waals surface area contributed by atoms with Crippen molar-refractivity contribution < 1.29 is 28.5 Å². The lowest BCUT2D eigenvalue weighted by Gasteiger charge is -2.20. The van der Waals surface area contributed by atoms with Crippen molar-refractivity contribution in [1.82, 2.24) is 0 Å². The molecule has 0 saturated carbocycles. The van der Waals surface area contributed by atoms with Gasteiger partial charge in [-0.2, -0.15) is 0 Å². The van der Waals surface area contributed by atoms with Crippen LogP contribution in [0.25, 0.3) is 21.5 Å². The van der Waals surface area contributed by atoms with Gasteiger partial charge in [-0.05, 0) is 24.0 Å². The van der Waals surface area contributed by atoms with Gasteiger partial charge in [0, 0.05) is 21.5 Å². The Kier molecular flexibility index (Phi) is 6.77. The van der Waals surface area contributed by atoms with Crippen LogP contribution in [0, 0.1) is 0 Å². The minimum atomic E-state index is -0.459. The molecule has 0 heterocycles. The number of aryl methyl sites for hydroxylation is 2. The van der Waals surface area contributed by atoms with Crippen molar-refractivity contribution in [3.8, 4) is 11.5 Å². The Labute approximate surface area is 175 Å². The van der Waals surface area contributed by atoms with E-state index in [0.717, 1.165) is 39.9 Å². The standard InChI is InChI=1S/C24H26O6/c1-5-15-11-12-19-22(16(15)6-2)24(30-14-21(26)28-4)18-10-8-7-9-17(18)23(19)29-13-20(25)27-3/h7-12H,5-6,13-14H2,1-4H3. The molecule has 0 N–H and O–H groups in total. The van der Waals surface area contributed by atoms with Gasteiger partial charge in [-0.3, -0.25) is 0 Å². The monoisotopic (exact) mass is 410 g/mol. The molecule has 3 aromatic rings. The van der Waals surface area contributed by atoms with Gasteiger partial charge in [0.1, 0.15) is 11.5 Å². The zero-order chi connectivity index (χ0) is 21.7. The minimum Gasteiger partial charge on any atom is -0.481 e. The van der Waals surface area contributed by atoms with Crippen LogP contribution in [0.3, 0.4) is 0 Å². The molecule has 3 rings (SSSR count). The first-order chi connectivity index (χ1) is 14.5. The zero-order valence-corrected chi connectivity index (χ0v) is 17.7. The Balaban J connectivity index is 2.35. The summed E-state index contributed by atoms with van der Waals surface area (Å²) in [5.41, 5.74) is 2.32. The number of methoxy groups -OCH3 is 2. The van der Waals surface area contributed by atoms with Crippen LogP contribution in [0.4, 0.5) is 0 Å². The van der Waals surface area contributed by atoms with E-state index in [-0.39, 0.29) is 13.2 Å². The van der Waals surface area contributed by atoms with Gasteiger partial charge in [0.25, 0.3) is 0 Å². The van der Waals surface area contributed by atoms with E-state index >= 15 is 0 Å². The van der Waals surface area contributed by atoms with E-state index < -0.39 is 11.9 Å². The Morgan fingerprint density at radius 3 is 1.83 bits per heavy atom. The molecule has 3 aromatic carbocycles. The second-order valence-corrected chi connectivity index (χ2v) is 6.77. The molecule has 0 unspecified atom stereocenters. The van der Waals surface area contributed by atoms with Crippen LogP contribution in [0.2, 0.25) is 0 Å². The summed E-state index contributed by atoms with van der Waals surface area (Å²) in [4.78, 5) is 23.5.